The van der Waals surface area contributed by atoms with Crippen molar-refractivity contribution in [2.45, 2.75) is 31.3 Å². The lowest BCUT2D eigenvalue weighted by molar-refractivity contribution is 0.639. The third-order valence-electron chi connectivity index (χ3n) is 2.63. The van der Waals surface area contributed by atoms with Crippen LogP contribution in [0, 0.1) is 5.92 Å². The number of nitrogens with zero attached hydrogens (tertiary/aromatic N) is 2. The molecule has 1 aromatic rings. The zero-order chi connectivity index (χ0) is 11.4. The summed E-state index contributed by atoms with van der Waals surface area (Å²) in [5, 5.41) is 5.18. The van der Waals surface area contributed by atoms with Gasteiger partial charge >= 0.3 is 0 Å². The van der Waals surface area contributed by atoms with Gasteiger partial charge < -0.3 is 5.73 Å². The van der Waals surface area contributed by atoms with Gasteiger partial charge in [-0.05, 0) is 5.92 Å². The van der Waals surface area contributed by atoms with E-state index in [1.165, 1.54) is 5.56 Å². The van der Waals surface area contributed by atoms with Crippen LogP contribution in [0.3, 0.4) is 0 Å². The summed E-state index contributed by atoms with van der Waals surface area (Å²) in [4.78, 5) is 0. The van der Waals surface area contributed by atoms with E-state index in [2.05, 4.69) is 32.1 Å². The fourth-order valence-corrected chi connectivity index (χ4v) is 2.52. The summed E-state index contributed by atoms with van der Waals surface area (Å²) in [6, 6.07) is 0. The van der Waals surface area contributed by atoms with E-state index in [1.807, 2.05) is 29.7 Å². The van der Waals surface area contributed by atoms with E-state index in [9.17, 15) is 0 Å². The standard InChI is InChI=1S/C11H21N3S/c1-8(2)9(3)15-11(5-12)10-6-13-14(4)7-10/h6-9,11H,5,12H2,1-4H3. The van der Waals surface area contributed by atoms with Crippen LogP contribution >= 0.6 is 11.8 Å². The van der Waals surface area contributed by atoms with Crippen molar-refractivity contribution in [3.63, 3.8) is 0 Å². The van der Waals surface area contributed by atoms with Gasteiger partial charge in [0.25, 0.3) is 0 Å². The van der Waals surface area contributed by atoms with Crippen LogP contribution in [-0.4, -0.2) is 21.6 Å². The fourth-order valence-electron chi connectivity index (χ4n) is 1.29. The molecule has 0 aromatic carbocycles. The van der Waals surface area contributed by atoms with Crippen molar-refractivity contribution in [2.24, 2.45) is 18.7 Å². The maximum absolute atomic E-state index is 5.80. The summed E-state index contributed by atoms with van der Waals surface area (Å²) in [5.74, 6) is 0.681. The molecule has 0 saturated carbocycles. The summed E-state index contributed by atoms with van der Waals surface area (Å²) < 4.78 is 1.83. The molecule has 2 atom stereocenters. The predicted molar refractivity (Wildman–Crippen MR) is 66.9 cm³/mol. The number of nitrogens with two attached hydrogens (primary N) is 1. The van der Waals surface area contributed by atoms with E-state index in [0.29, 0.717) is 23.0 Å². The second-order valence-electron chi connectivity index (χ2n) is 4.26. The summed E-state index contributed by atoms with van der Waals surface area (Å²) in [5.41, 5.74) is 7.04. The van der Waals surface area contributed by atoms with Gasteiger partial charge in [0.15, 0.2) is 0 Å². The van der Waals surface area contributed by atoms with E-state index in [4.69, 9.17) is 5.73 Å². The Morgan fingerprint density at radius 1 is 1.47 bits per heavy atom. The van der Waals surface area contributed by atoms with Crippen LogP contribution in [0.2, 0.25) is 0 Å². The Morgan fingerprint density at radius 3 is 2.53 bits per heavy atom. The molecule has 0 aliphatic heterocycles. The van der Waals surface area contributed by atoms with Crippen LogP contribution in [0.15, 0.2) is 12.4 Å². The van der Waals surface area contributed by atoms with Gasteiger partial charge in [0.05, 0.1) is 6.20 Å². The number of rotatable bonds is 5. The molecule has 0 radical (unpaired) electrons. The van der Waals surface area contributed by atoms with Crippen molar-refractivity contribution < 1.29 is 0 Å². The topological polar surface area (TPSA) is 43.8 Å². The number of hydrogen-bond donors (Lipinski definition) is 1. The molecule has 0 aliphatic rings. The minimum Gasteiger partial charge on any atom is -0.329 e. The number of aromatic nitrogens is 2. The lowest BCUT2D eigenvalue weighted by Gasteiger charge is -2.21. The lowest BCUT2D eigenvalue weighted by Crippen LogP contribution is -2.15. The Labute approximate surface area is 96.4 Å². The molecule has 86 valence electrons. The van der Waals surface area contributed by atoms with Crippen LogP contribution in [0.1, 0.15) is 31.6 Å². The van der Waals surface area contributed by atoms with E-state index in [1.54, 1.807) is 0 Å². The number of thioether (sulfide) groups is 1. The number of aryl methyl sites for hydroxylation is 1. The second kappa shape index (κ2) is 5.56. The molecule has 0 amide bonds. The molecule has 0 fully saturated rings. The maximum Gasteiger partial charge on any atom is 0.0533 e. The molecule has 0 spiro atoms. The molecule has 0 bridgehead atoms. The van der Waals surface area contributed by atoms with Crippen LogP contribution in [0.5, 0.6) is 0 Å². The molecule has 0 saturated heterocycles. The third kappa shape index (κ3) is 3.54. The zero-order valence-corrected chi connectivity index (χ0v) is 10.8. The van der Waals surface area contributed by atoms with Gasteiger partial charge in [-0.2, -0.15) is 5.10 Å². The van der Waals surface area contributed by atoms with E-state index >= 15 is 0 Å². The van der Waals surface area contributed by atoms with E-state index < -0.39 is 0 Å². The van der Waals surface area contributed by atoms with Crippen molar-refractivity contribution in [1.82, 2.24) is 9.78 Å². The van der Waals surface area contributed by atoms with Crippen LogP contribution in [-0.2, 0) is 7.05 Å². The fraction of sp³-hybridized carbons (Fsp3) is 0.727. The molecule has 1 rings (SSSR count). The average Bonchev–Trinajstić information content (AvgIpc) is 2.60. The third-order valence-corrected chi connectivity index (χ3v) is 4.40. The molecular formula is C11H21N3S. The Morgan fingerprint density at radius 2 is 2.13 bits per heavy atom. The highest BCUT2D eigenvalue weighted by molar-refractivity contribution is 8.00. The van der Waals surface area contributed by atoms with Gasteiger partial charge in [-0.1, -0.05) is 20.8 Å². The highest BCUT2D eigenvalue weighted by Gasteiger charge is 2.17. The smallest absolute Gasteiger partial charge is 0.0533 e. The van der Waals surface area contributed by atoms with Gasteiger partial charge in [-0.25, -0.2) is 0 Å². The van der Waals surface area contributed by atoms with Gasteiger partial charge in [0.1, 0.15) is 0 Å². The van der Waals surface area contributed by atoms with E-state index in [-0.39, 0.29) is 0 Å². The molecule has 1 heterocycles. The second-order valence-corrected chi connectivity index (χ2v) is 5.84. The van der Waals surface area contributed by atoms with Gasteiger partial charge in [0.2, 0.25) is 0 Å². The Bertz CT molecular complexity index is 296. The largest absolute Gasteiger partial charge is 0.329 e. The Balaban J connectivity index is 2.64. The van der Waals surface area contributed by atoms with E-state index in [0.717, 1.165) is 0 Å². The number of hydrogen-bond acceptors (Lipinski definition) is 3. The summed E-state index contributed by atoms with van der Waals surface area (Å²) in [6.07, 6.45) is 3.97. The first-order chi connectivity index (χ1) is 7.04. The van der Waals surface area contributed by atoms with Crippen molar-refractivity contribution in [2.75, 3.05) is 6.54 Å². The van der Waals surface area contributed by atoms with Crippen molar-refractivity contribution in [1.29, 1.82) is 0 Å². The maximum atomic E-state index is 5.80. The molecule has 15 heavy (non-hydrogen) atoms. The van der Waals surface area contributed by atoms with Gasteiger partial charge in [-0.15, -0.1) is 11.8 Å². The quantitative estimate of drug-likeness (QED) is 0.838. The van der Waals surface area contributed by atoms with Crippen molar-refractivity contribution >= 4 is 11.8 Å². The molecular weight excluding hydrogens is 206 g/mol. The minimum absolute atomic E-state index is 0.371. The Hall–Kier alpha value is -0.480. The highest BCUT2D eigenvalue weighted by Crippen LogP contribution is 2.33. The summed E-state index contributed by atoms with van der Waals surface area (Å²) in [6.45, 7) is 7.42. The first-order valence-electron chi connectivity index (χ1n) is 5.38. The Kier molecular flexibility index (Phi) is 4.67. The average molecular weight is 227 g/mol. The minimum atomic E-state index is 0.371. The summed E-state index contributed by atoms with van der Waals surface area (Å²) in [7, 11) is 1.94. The van der Waals surface area contributed by atoms with Crippen LogP contribution in [0.25, 0.3) is 0 Å². The first-order valence-corrected chi connectivity index (χ1v) is 6.33. The molecule has 2 N–H and O–H groups in total. The molecule has 4 heteroatoms. The van der Waals surface area contributed by atoms with Gasteiger partial charge in [-0.3, -0.25) is 4.68 Å². The molecule has 1 aromatic heterocycles. The SMILES string of the molecule is CC(C)C(C)SC(CN)c1cnn(C)c1. The van der Waals surface area contributed by atoms with Gasteiger partial charge in [0, 0.05) is 35.9 Å². The normalized spacial score (nSPS) is 15.6. The lowest BCUT2D eigenvalue weighted by atomic mass is 10.2. The highest BCUT2D eigenvalue weighted by atomic mass is 32.2. The first kappa shape index (κ1) is 12.6. The van der Waals surface area contributed by atoms with Crippen molar-refractivity contribution in [3.8, 4) is 0 Å². The monoisotopic (exact) mass is 227 g/mol. The summed E-state index contributed by atoms with van der Waals surface area (Å²) >= 11 is 1.94. The van der Waals surface area contributed by atoms with Crippen LogP contribution < -0.4 is 5.73 Å². The zero-order valence-electron chi connectivity index (χ0n) is 9.97. The van der Waals surface area contributed by atoms with Crippen molar-refractivity contribution in [3.05, 3.63) is 18.0 Å². The molecule has 0 aliphatic carbocycles. The predicted octanol–water partition coefficient (Wildman–Crippen LogP) is 2.20. The molecule has 2 unspecified atom stereocenters. The molecule has 3 nitrogen and oxygen atoms in total. The van der Waals surface area contributed by atoms with Crippen LogP contribution in [0.4, 0.5) is 0 Å².